The van der Waals surface area contributed by atoms with Crippen molar-refractivity contribution in [2.75, 3.05) is 0 Å². The largest absolute Gasteiger partial charge is 0.450 e. The minimum atomic E-state index is -0.593. The number of ether oxygens (including phenoxy) is 2. The third kappa shape index (κ3) is 1.73. The van der Waals surface area contributed by atoms with Crippen molar-refractivity contribution in [1.29, 1.82) is 0 Å². The molecule has 0 aliphatic carbocycles. The first-order chi connectivity index (χ1) is 7.22. The van der Waals surface area contributed by atoms with Crippen molar-refractivity contribution in [3.05, 3.63) is 35.9 Å². The summed E-state index contributed by atoms with van der Waals surface area (Å²) in [7, 11) is 0. The number of benzene rings is 1. The molecule has 3 nitrogen and oxygen atoms in total. The number of carbonyl (C=O) groups excluding carboxylic acids is 1. The highest BCUT2D eigenvalue weighted by atomic mass is 16.7. The van der Waals surface area contributed by atoms with Crippen LogP contribution in [-0.2, 0) is 9.53 Å². The molecule has 0 spiro atoms. The SMILES string of the molecule is CC=C1c2ccccc2OC1OC(C)=O. The summed E-state index contributed by atoms with van der Waals surface area (Å²) in [5.41, 5.74) is 1.90. The lowest BCUT2D eigenvalue weighted by Crippen LogP contribution is -2.19. The van der Waals surface area contributed by atoms with E-state index in [1.165, 1.54) is 6.92 Å². The van der Waals surface area contributed by atoms with Gasteiger partial charge in [0, 0.05) is 18.1 Å². The second kappa shape index (κ2) is 3.77. The van der Waals surface area contributed by atoms with Crippen LogP contribution in [0, 0.1) is 0 Å². The van der Waals surface area contributed by atoms with Gasteiger partial charge in [-0.1, -0.05) is 24.3 Å². The minimum absolute atomic E-state index is 0.341. The maximum Gasteiger partial charge on any atom is 0.305 e. The maximum absolute atomic E-state index is 10.9. The Morgan fingerprint density at radius 3 is 2.87 bits per heavy atom. The first-order valence-electron chi connectivity index (χ1n) is 4.82. The Balaban J connectivity index is 2.33. The number of esters is 1. The molecule has 2 rings (SSSR count). The number of allylic oxidation sites excluding steroid dienone is 1. The van der Waals surface area contributed by atoms with Crippen LogP contribution < -0.4 is 4.74 Å². The molecule has 0 bridgehead atoms. The summed E-state index contributed by atoms with van der Waals surface area (Å²) >= 11 is 0. The number of hydrogen-bond donors (Lipinski definition) is 0. The van der Waals surface area contributed by atoms with E-state index in [4.69, 9.17) is 9.47 Å². The molecule has 0 fully saturated rings. The van der Waals surface area contributed by atoms with Crippen LogP contribution in [0.5, 0.6) is 5.75 Å². The van der Waals surface area contributed by atoms with Crippen LogP contribution in [0.1, 0.15) is 19.4 Å². The van der Waals surface area contributed by atoms with Gasteiger partial charge in [-0.2, -0.15) is 0 Å². The van der Waals surface area contributed by atoms with Gasteiger partial charge in [0.15, 0.2) is 0 Å². The Hall–Kier alpha value is -1.77. The molecule has 1 aromatic rings. The molecule has 0 N–H and O–H groups in total. The Morgan fingerprint density at radius 1 is 1.47 bits per heavy atom. The molecule has 0 saturated heterocycles. The summed E-state index contributed by atoms with van der Waals surface area (Å²) in [5.74, 6) is 0.420. The van der Waals surface area contributed by atoms with E-state index in [1.54, 1.807) is 0 Å². The quantitative estimate of drug-likeness (QED) is 0.659. The lowest BCUT2D eigenvalue weighted by atomic mass is 10.1. The molecule has 3 heteroatoms. The third-order valence-corrected chi connectivity index (χ3v) is 2.27. The van der Waals surface area contributed by atoms with Crippen LogP contribution >= 0.6 is 0 Å². The van der Waals surface area contributed by atoms with Gasteiger partial charge in [-0.15, -0.1) is 0 Å². The zero-order valence-corrected chi connectivity index (χ0v) is 8.69. The van der Waals surface area contributed by atoms with Gasteiger partial charge in [-0.3, -0.25) is 4.79 Å². The standard InChI is InChI=1S/C12H12O3/c1-3-9-10-6-4-5-7-11(10)15-12(9)14-8(2)13/h3-7,12H,1-2H3. The number of carbonyl (C=O) groups is 1. The van der Waals surface area contributed by atoms with E-state index in [1.807, 2.05) is 37.3 Å². The van der Waals surface area contributed by atoms with Crippen molar-refractivity contribution in [1.82, 2.24) is 0 Å². The summed E-state index contributed by atoms with van der Waals surface area (Å²) < 4.78 is 10.6. The van der Waals surface area contributed by atoms with Gasteiger partial charge < -0.3 is 9.47 Å². The number of hydrogen-bond acceptors (Lipinski definition) is 3. The van der Waals surface area contributed by atoms with E-state index in [9.17, 15) is 4.79 Å². The summed E-state index contributed by atoms with van der Waals surface area (Å²) in [6.07, 6.45) is 1.31. The van der Waals surface area contributed by atoms with Crippen molar-refractivity contribution < 1.29 is 14.3 Å². The van der Waals surface area contributed by atoms with Crippen molar-refractivity contribution in [3.8, 4) is 5.75 Å². The lowest BCUT2D eigenvalue weighted by molar-refractivity contribution is -0.153. The van der Waals surface area contributed by atoms with E-state index in [0.29, 0.717) is 0 Å². The topological polar surface area (TPSA) is 35.5 Å². The van der Waals surface area contributed by atoms with E-state index in [2.05, 4.69) is 0 Å². The third-order valence-electron chi connectivity index (χ3n) is 2.27. The maximum atomic E-state index is 10.9. The van der Waals surface area contributed by atoms with Crippen LogP contribution in [0.3, 0.4) is 0 Å². The van der Waals surface area contributed by atoms with Gasteiger partial charge in [0.25, 0.3) is 6.29 Å². The predicted molar refractivity (Wildman–Crippen MR) is 56.3 cm³/mol. The molecule has 1 aliphatic heterocycles. The fourth-order valence-corrected chi connectivity index (χ4v) is 1.64. The number of fused-ring (bicyclic) bond motifs is 1. The number of para-hydroxylation sites is 1. The Labute approximate surface area is 88.3 Å². The van der Waals surface area contributed by atoms with E-state index in [0.717, 1.165) is 16.9 Å². The molecule has 1 heterocycles. The predicted octanol–water partition coefficient (Wildman–Crippen LogP) is 2.37. The first-order valence-corrected chi connectivity index (χ1v) is 4.82. The summed E-state index contributed by atoms with van der Waals surface area (Å²) in [5, 5.41) is 0. The smallest absolute Gasteiger partial charge is 0.305 e. The average Bonchev–Trinajstić information content (AvgIpc) is 2.53. The second-order valence-corrected chi connectivity index (χ2v) is 3.30. The summed E-state index contributed by atoms with van der Waals surface area (Å²) in [4.78, 5) is 10.9. The molecule has 1 atom stereocenters. The number of rotatable bonds is 1. The van der Waals surface area contributed by atoms with Crippen LogP contribution in [0.2, 0.25) is 0 Å². The zero-order chi connectivity index (χ0) is 10.8. The molecule has 1 unspecified atom stereocenters. The molecule has 0 amide bonds. The van der Waals surface area contributed by atoms with Gasteiger partial charge in [0.1, 0.15) is 5.75 Å². The molecule has 1 aliphatic rings. The molecule has 1 aromatic carbocycles. The van der Waals surface area contributed by atoms with Gasteiger partial charge >= 0.3 is 5.97 Å². The average molecular weight is 204 g/mol. The van der Waals surface area contributed by atoms with Crippen molar-refractivity contribution >= 4 is 11.5 Å². The second-order valence-electron chi connectivity index (χ2n) is 3.30. The highest BCUT2D eigenvalue weighted by molar-refractivity contribution is 5.78. The highest BCUT2D eigenvalue weighted by Gasteiger charge is 2.29. The van der Waals surface area contributed by atoms with Gasteiger partial charge in [0.2, 0.25) is 0 Å². The Bertz CT molecular complexity index is 421. The Kier molecular flexibility index (Phi) is 2.46. The van der Waals surface area contributed by atoms with Gasteiger partial charge in [0.05, 0.1) is 0 Å². The molecule has 15 heavy (non-hydrogen) atoms. The monoisotopic (exact) mass is 204 g/mol. The van der Waals surface area contributed by atoms with Gasteiger partial charge in [-0.25, -0.2) is 0 Å². The fourth-order valence-electron chi connectivity index (χ4n) is 1.64. The van der Waals surface area contributed by atoms with Crippen molar-refractivity contribution in [2.45, 2.75) is 20.1 Å². The van der Waals surface area contributed by atoms with E-state index < -0.39 is 6.29 Å². The minimum Gasteiger partial charge on any atom is -0.450 e. The van der Waals surface area contributed by atoms with Crippen LogP contribution in [0.25, 0.3) is 5.57 Å². The lowest BCUT2D eigenvalue weighted by Gasteiger charge is -2.11. The van der Waals surface area contributed by atoms with E-state index >= 15 is 0 Å². The van der Waals surface area contributed by atoms with Crippen LogP contribution in [-0.4, -0.2) is 12.3 Å². The Morgan fingerprint density at radius 2 is 2.20 bits per heavy atom. The molecule has 0 aromatic heterocycles. The fraction of sp³-hybridized carbons (Fsp3) is 0.250. The van der Waals surface area contributed by atoms with Gasteiger partial charge in [-0.05, 0) is 13.0 Å². The van der Waals surface area contributed by atoms with Crippen LogP contribution in [0.4, 0.5) is 0 Å². The molecular weight excluding hydrogens is 192 g/mol. The summed E-state index contributed by atoms with van der Waals surface area (Å²) in [6, 6.07) is 7.64. The molecule has 78 valence electrons. The molecular formula is C12H12O3. The van der Waals surface area contributed by atoms with Crippen molar-refractivity contribution in [3.63, 3.8) is 0 Å². The van der Waals surface area contributed by atoms with E-state index in [-0.39, 0.29) is 5.97 Å². The first kappa shape index (κ1) is 9.77. The zero-order valence-electron chi connectivity index (χ0n) is 8.69. The normalized spacial score (nSPS) is 20.9. The van der Waals surface area contributed by atoms with Crippen molar-refractivity contribution in [2.24, 2.45) is 0 Å². The highest BCUT2D eigenvalue weighted by Crippen LogP contribution is 2.37. The molecule has 0 saturated carbocycles. The molecule has 0 radical (unpaired) electrons. The van der Waals surface area contributed by atoms with Crippen LogP contribution in [0.15, 0.2) is 30.3 Å². The summed E-state index contributed by atoms with van der Waals surface area (Å²) in [6.45, 7) is 3.27.